The van der Waals surface area contributed by atoms with Crippen molar-refractivity contribution in [3.05, 3.63) is 53.7 Å². The van der Waals surface area contributed by atoms with Crippen molar-refractivity contribution in [2.75, 3.05) is 19.7 Å². The minimum atomic E-state index is -0.842. The van der Waals surface area contributed by atoms with Crippen molar-refractivity contribution in [2.24, 2.45) is 49.7 Å². The summed E-state index contributed by atoms with van der Waals surface area (Å²) in [5.41, 5.74) is 2.04. The molecule has 6 unspecified atom stereocenters. The number of aryl methyl sites for hydroxylation is 1. The van der Waals surface area contributed by atoms with E-state index in [4.69, 9.17) is 4.74 Å². The first kappa shape index (κ1) is 40.4. The van der Waals surface area contributed by atoms with E-state index < -0.39 is 41.0 Å². The number of cyclic esters (lactones) is 1. The second kappa shape index (κ2) is 16.2. The summed E-state index contributed by atoms with van der Waals surface area (Å²) in [7, 11) is 1.87. The lowest BCUT2D eigenvalue weighted by atomic mass is 9.45. The Kier molecular flexibility index (Phi) is 11.5. The first-order chi connectivity index (χ1) is 27.2. The Balaban J connectivity index is 1.23. The number of fused-ring (bicyclic) bond motifs is 2. The lowest BCUT2D eigenvalue weighted by Gasteiger charge is -2.62. The number of carbonyl (C=O) groups excluding carboxylic acids is 3. The largest absolute Gasteiger partial charge is 0.423 e. The highest BCUT2D eigenvalue weighted by molar-refractivity contribution is 6.08. The van der Waals surface area contributed by atoms with Gasteiger partial charge in [0.25, 0.3) is 0 Å². The minimum absolute atomic E-state index is 0.0490. The van der Waals surface area contributed by atoms with Crippen molar-refractivity contribution in [2.45, 2.75) is 96.5 Å². The molecule has 5 heterocycles. The molecule has 4 N–H and O–H groups in total. The summed E-state index contributed by atoms with van der Waals surface area (Å²) in [6, 6.07) is -0.401. The summed E-state index contributed by atoms with van der Waals surface area (Å²) < 4.78 is 7.67. The number of carbonyl (C=O) groups is 3. The van der Waals surface area contributed by atoms with Gasteiger partial charge in [0.2, 0.25) is 0 Å². The summed E-state index contributed by atoms with van der Waals surface area (Å²) in [5, 5.41) is 29.4. The number of nitrogens with one attached hydrogen (secondary N) is 2. The maximum atomic E-state index is 13.9. The Morgan fingerprint density at radius 2 is 1.77 bits per heavy atom. The van der Waals surface area contributed by atoms with Crippen LogP contribution in [-0.4, -0.2) is 116 Å². The van der Waals surface area contributed by atoms with Crippen LogP contribution in [0.25, 0.3) is 17.2 Å². The number of pyridine rings is 1. The van der Waals surface area contributed by atoms with Gasteiger partial charge in [0.05, 0.1) is 62.6 Å². The van der Waals surface area contributed by atoms with Crippen LogP contribution in [0, 0.1) is 22.7 Å². The van der Waals surface area contributed by atoms with Gasteiger partial charge >= 0.3 is 5.97 Å². The number of esters is 1. The van der Waals surface area contributed by atoms with Gasteiger partial charge in [0.15, 0.2) is 17.2 Å². The summed E-state index contributed by atoms with van der Waals surface area (Å²) >= 11 is 0. The molecule has 0 bridgehead atoms. The van der Waals surface area contributed by atoms with Crippen LogP contribution in [0.5, 0.6) is 0 Å². The Labute approximate surface area is 332 Å². The molecule has 2 fully saturated rings. The SMILES string of the molecule is C=C1C(NC(C)C(=O)CC2=NCC=N2)CC2[C@](C)(CC[C@@H](O)[C@@]2(C)CO)C1CC(NC(C)C(=O)CC1=NCC=N1)C1=C/C(=C\c2cnc3c(c2)ncn3C)OC1=O. The summed E-state index contributed by atoms with van der Waals surface area (Å²) in [4.78, 5) is 66.9. The molecule has 2 aliphatic carbocycles. The van der Waals surface area contributed by atoms with E-state index in [0.29, 0.717) is 72.9 Å². The van der Waals surface area contributed by atoms with E-state index in [9.17, 15) is 24.6 Å². The van der Waals surface area contributed by atoms with Gasteiger partial charge in [-0.25, -0.2) is 24.7 Å². The maximum Gasteiger partial charge on any atom is 0.341 e. The molecule has 2 aromatic heterocycles. The third-order valence-electron chi connectivity index (χ3n) is 13.0. The molecule has 0 spiro atoms. The summed E-state index contributed by atoms with van der Waals surface area (Å²) in [5.74, 6) is 0.116. The second-order valence-electron chi connectivity index (χ2n) is 16.7. The van der Waals surface area contributed by atoms with Gasteiger partial charge in [-0.1, -0.05) is 26.0 Å². The first-order valence-electron chi connectivity index (χ1n) is 19.8. The highest BCUT2D eigenvalue weighted by Crippen LogP contribution is 2.62. The van der Waals surface area contributed by atoms with Crippen LogP contribution in [0.3, 0.4) is 0 Å². The van der Waals surface area contributed by atoms with E-state index in [1.165, 1.54) is 0 Å². The number of aliphatic imine (C=N–C) groups is 4. The lowest BCUT2D eigenvalue weighted by molar-refractivity contribution is -0.156. The number of Topliss-reactive ketones (excluding diaryl/α,β-unsaturated/α-hetero) is 2. The molecule has 0 saturated heterocycles. The number of imidazole rings is 1. The van der Waals surface area contributed by atoms with Gasteiger partial charge in [0.1, 0.15) is 22.9 Å². The van der Waals surface area contributed by atoms with Crippen molar-refractivity contribution in [3.63, 3.8) is 0 Å². The summed E-state index contributed by atoms with van der Waals surface area (Å²) in [6.07, 6.45) is 11.6. The molecule has 5 aliphatic rings. The van der Waals surface area contributed by atoms with Gasteiger partial charge < -0.3 is 30.2 Å². The van der Waals surface area contributed by atoms with E-state index in [2.05, 4.69) is 54.1 Å². The highest BCUT2D eigenvalue weighted by Gasteiger charge is 2.60. The third kappa shape index (κ3) is 8.02. The van der Waals surface area contributed by atoms with Gasteiger partial charge in [0, 0.05) is 43.2 Å². The molecule has 15 heteroatoms. The van der Waals surface area contributed by atoms with Crippen molar-refractivity contribution in [3.8, 4) is 0 Å². The molecule has 302 valence electrons. The fourth-order valence-electron chi connectivity index (χ4n) is 9.55. The maximum absolute atomic E-state index is 13.9. The number of rotatable bonds is 15. The number of hydrogen-bond acceptors (Lipinski definition) is 14. The number of amidine groups is 2. The van der Waals surface area contributed by atoms with Crippen molar-refractivity contribution >= 4 is 58.9 Å². The summed E-state index contributed by atoms with van der Waals surface area (Å²) in [6.45, 7) is 13.1. The zero-order chi connectivity index (χ0) is 40.6. The first-order valence-corrected chi connectivity index (χ1v) is 19.8. The van der Waals surface area contributed by atoms with Crippen LogP contribution in [0.2, 0.25) is 0 Å². The molecular formula is C42H53N9O6. The van der Waals surface area contributed by atoms with E-state index in [0.717, 1.165) is 11.2 Å². The average molecular weight is 780 g/mol. The minimum Gasteiger partial charge on any atom is -0.423 e. The molecule has 9 atom stereocenters. The van der Waals surface area contributed by atoms with E-state index in [-0.39, 0.29) is 48.9 Å². The zero-order valence-electron chi connectivity index (χ0n) is 33.3. The normalized spacial score (nSPS) is 30.6. The van der Waals surface area contributed by atoms with Crippen LogP contribution in [-0.2, 0) is 26.2 Å². The van der Waals surface area contributed by atoms with Crippen LogP contribution in [0.4, 0.5) is 0 Å². The smallest absolute Gasteiger partial charge is 0.341 e. The number of aliphatic hydroxyl groups excluding tert-OH is 2. The highest BCUT2D eigenvalue weighted by atomic mass is 16.5. The molecule has 7 rings (SSSR count). The molecule has 15 nitrogen and oxygen atoms in total. The van der Waals surface area contributed by atoms with E-state index in [1.54, 1.807) is 44.0 Å². The zero-order valence-corrected chi connectivity index (χ0v) is 33.3. The average Bonchev–Trinajstić information content (AvgIpc) is 4.02. The molecular weight excluding hydrogens is 727 g/mol. The fourth-order valence-corrected chi connectivity index (χ4v) is 9.55. The van der Waals surface area contributed by atoms with Crippen molar-refractivity contribution < 1.29 is 29.3 Å². The molecule has 3 aliphatic heterocycles. The molecule has 2 saturated carbocycles. The Bertz CT molecular complexity index is 2150. The van der Waals surface area contributed by atoms with Crippen LogP contribution >= 0.6 is 0 Å². The number of aromatic nitrogens is 3. The second-order valence-corrected chi connectivity index (χ2v) is 16.7. The Hall–Kier alpha value is -4.83. The topological polar surface area (TPSA) is 205 Å². The van der Waals surface area contributed by atoms with Crippen molar-refractivity contribution in [1.82, 2.24) is 25.2 Å². The number of hydrogen-bond donors (Lipinski definition) is 4. The molecule has 0 radical (unpaired) electrons. The molecule has 0 aromatic carbocycles. The standard InChI is InChI=1S/C42H53N9O6/c1-23-29(41(4)8-7-36(55)42(5,21-52)35(41)17-30(23)49-24(2)33(53)18-37-43-9-10-44-37)16-31(50-25(3)34(54)19-38-45-11-12-46-38)28-15-27(57-40(28)56)13-26-14-32-39(47-20-26)51(6)22-48-32/h9,11,13-15,20,22,24-25,29-31,35-36,49-50,52,55H,1,7-8,10,12,16-19,21H2,2-6H3/b27-13+/t24?,25?,29?,30?,31?,35?,36-,41-,42+/m1/s1. The number of ketones is 2. The predicted octanol–water partition coefficient (Wildman–Crippen LogP) is 3.11. The van der Waals surface area contributed by atoms with Crippen LogP contribution < -0.4 is 10.6 Å². The monoisotopic (exact) mass is 779 g/mol. The Morgan fingerprint density at radius 3 is 2.42 bits per heavy atom. The fraction of sp³-hybridized carbons (Fsp3) is 0.548. The Morgan fingerprint density at radius 1 is 1.09 bits per heavy atom. The van der Waals surface area contributed by atoms with Crippen molar-refractivity contribution in [1.29, 1.82) is 0 Å². The molecule has 0 amide bonds. The van der Waals surface area contributed by atoms with Crippen LogP contribution in [0.1, 0.15) is 71.8 Å². The molecule has 2 aromatic rings. The predicted molar refractivity (Wildman–Crippen MR) is 218 cm³/mol. The quantitative estimate of drug-likeness (QED) is 0.154. The van der Waals surface area contributed by atoms with Gasteiger partial charge in [-0.3, -0.25) is 19.6 Å². The number of allylic oxidation sites excluding steroid dienone is 1. The number of nitrogens with zero attached hydrogens (tertiary/aromatic N) is 7. The van der Waals surface area contributed by atoms with E-state index in [1.807, 2.05) is 31.5 Å². The lowest BCUT2D eigenvalue weighted by Crippen LogP contribution is -2.62. The van der Waals surface area contributed by atoms with E-state index >= 15 is 0 Å². The van der Waals surface area contributed by atoms with Crippen LogP contribution in [0.15, 0.2) is 68.1 Å². The van der Waals surface area contributed by atoms with Gasteiger partial charge in [-0.05, 0) is 80.6 Å². The van der Waals surface area contributed by atoms with Gasteiger partial charge in [-0.15, -0.1) is 0 Å². The molecule has 57 heavy (non-hydrogen) atoms. The van der Waals surface area contributed by atoms with Gasteiger partial charge in [-0.2, -0.15) is 0 Å². The number of ether oxygens (including phenoxy) is 1. The number of aliphatic hydroxyl groups is 2. The third-order valence-corrected chi connectivity index (χ3v) is 13.0.